The molecule has 0 saturated heterocycles. The highest BCUT2D eigenvalue weighted by Crippen LogP contribution is 2.39. The van der Waals surface area contributed by atoms with Crippen molar-refractivity contribution in [3.8, 4) is 17.2 Å². The highest BCUT2D eigenvalue weighted by atomic mass is 32.2. The molecule has 0 amide bonds. The van der Waals surface area contributed by atoms with Gasteiger partial charge < -0.3 is 14.6 Å². The number of carbonyl (C=O) groups excluding carboxylic acids is 1. The van der Waals surface area contributed by atoms with Gasteiger partial charge in [0.2, 0.25) is 0 Å². The van der Waals surface area contributed by atoms with E-state index in [4.69, 9.17) is 9.47 Å². The van der Waals surface area contributed by atoms with Gasteiger partial charge in [0.1, 0.15) is 22.8 Å². The van der Waals surface area contributed by atoms with Crippen molar-refractivity contribution in [2.24, 2.45) is 0 Å². The summed E-state index contributed by atoms with van der Waals surface area (Å²) in [7, 11) is 1.34. The SMILES string of the molecule is C=CCc1c(OC)cc(OC)c(C(=O)CS(=O)c2ccc(C)cc2)c1O. The van der Waals surface area contributed by atoms with E-state index < -0.39 is 16.6 Å². The third kappa shape index (κ3) is 4.14. The number of carbonyl (C=O) groups is 1. The highest BCUT2D eigenvalue weighted by Gasteiger charge is 2.25. The summed E-state index contributed by atoms with van der Waals surface area (Å²) in [5, 5.41) is 10.6. The fourth-order valence-corrected chi connectivity index (χ4v) is 3.57. The van der Waals surface area contributed by atoms with Crippen LogP contribution in [0.25, 0.3) is 0 Å². The summed E-state index contributed by atoms with van der Waals surface area (Å²) in [5.74, 6) is -0.376. The smallest absolute Gasteiger partial charge is 0.183 e. The van der Waals surface area contributed by atoms with Crippen LogP contribution < -0.4 is 9.47 Å². The summed E-state index contributed by atoms with van der Waals surface area (Å²) >= 11 is 0. The molecular formula is C20H22O5S. The second-order valence-electron chi connectivity index (χ2n) is 5.70. The first kappa shape index (κ1) is 19.7. The molecule has 0 aliphatic carbocycles. The highest BCUT2D eigenvalue weighted by molar-refractivity contribution is 7.85. The summed E-state index contributed by atoms with van der Waals surface area (Å²) in [5.41, 5.74) is 1.49. The maximum absolute atomic E-state index is 12.8. The molecule has 1 unspecified atom stereocenters. The van der Waals surface area contributed by atoms with Gasteiger partial charge in [0.15, 0.2) is 5.78 Å². The minimum Gasteiger partial charge on any atom is -0.507 e. The number of hydrogen-bond acceptors (Lipinski definition) is 5. The molecule has 2 aromatic rings. The van der Waals surface area contributed by atoms with Gasteiger partial charge in [-0.3, -0.25) is 9.00 Å². The molecule has 0 aliphatic heterocycles. The molecule has 0 radical (unpaired) electrons. The van der Waals surface area contributed by atoms with Crippen molar-refractivity contribution in [2.45, 2.75) is 18.2 Å². The van der Waals surface area contributed by atoms with Gasteiger partial charge >= 0.3 is 0 Å². The van der Waals surface area contributed by atoms with Crippen LogP contribution in [0.1, 0.15) is 21.5 Å². The second kappa shape index (κ2) is 8.67. The van der Waals surface area contributed by atoms with Crippen molar-refractivity contribution in [2.75, 3.05) is 20.0 Å². The number of Topliss-reactive ketones (excluding diaryl/α,β-unsaturated/α-hetero) is 1. The molecule has 1 N–H and O–H groups in total. The summed E-state index contributed by atoms with van der Waals surface area (Å²) in [4.78, 5) is 13.3. The normalized spacial score (nSPS) is 11.7. The molecule has 0 spiro atoms. The predicted octanol–water partition coefficient (Wildman–Crippen LogP) is 3.44. The van der Waals surface area contributed by atoms with Crippen molar-refractivity contribution in [1.82, 2.24) is 0 Å². The minimum absolute atomic E-state index is 0.00520. The number of ether oxygens (including phenoxy) is 2. The van der Waals surface area contributed by atoms with E-state index >= 15 is 0 Å². The van der Waals surface area contributed by atoms with Gasteiger partial charge in [-0.25, -0.2) is 0 Å². The molecule has 2 rings (SSSR count). The summed E-state index contributed by atoms with van der Waals surface area (Å²) in [6, 6.07) is 8.68. The number of allylic oxidation sites excluding steroid dienone is 1. The zero-order valence-corrected chi connectivity index (χ0v) is 15.9. The number of methoxy groups -OCH3 is 2. The van der Waals surface area contributed by atoms with Crippen LogP contribution in [-0.4, -0.2) is 35.1 Å². The third-order valence-electron chi connectivity index (χ3n) is 3.94. The zero-order valence-electron chi connectivity index (χ0n) is 15.1. The van der Waals surface area contributed by atoms with E-state index in [0.29, 0.717) is 22.6 Å². The van der Waals surface area contributed by atoms with Crippen LogP contribution >= 0.6 is 0 Å². The minimum atomic E-state index is -1.53. The first-order valence-corrected chi connectivity index (χ1v) is 9.30. The van der Waals surface area contributed by atoms with E-state index in [1.807, 2.05) is 19.1 Å². The van der Waals surface area contributed by atoms with Gasteiger partial charge in [-0.2, -0.15) is 0 Å². The Hall–Kier alpha value is -2.60. The Morgan fingerprint density at radius 2 is 1.81 bits per heavy atom. The standard InChI is InChI=1S/C20H22O5S/c1-5-6-15-17(24-3)11-18(25-4)19(20(15)22)16(21)12-26(23)14-9-7-13(2)8-10-14/h5,7-11,22H,1,6,12H2,2-4H3. The third-order valence-corrected chi connectivity index (χ3v) is 5.26. The van der Waals surface area contributed by atoms with Gasteiger partial charge in [-0.1, -0.05) is 23.8 Å². The van der Waals surface area contributed by atoms with Crippen LogP contribution in [-0.2, 0) is 17.2 Å². The number of aromatic hydroxyl groups is 1. The summed E-state index contributed by atoms with van der Waals surface area (Å²) < 4.78 is 23.0. The number of phenols is 1. The lowest BCUT2D eigenvalue weighted by molar-refractivity contribution is 0.101. The van der Waals surface area contributed by atoms with Gasteiger partial charge in [-0.15, -0.1) is 6.58 Å². The van der Waals surface area contributed by atoms with E-state index in [2.05, 4.69) is 6.58 Å². The molecule has 1 atom stereocenters. The van der Waals surface area contributed by atoms with Crippen molar-refractivity contribution in [1.29, 1.82) is 0 Å². The monoisotopic (exact) mass is 374 g/mol. The van der Waals surface area contributed by atoms with Crippen LogP contribution in [0.5, 0.6) is 17.2 Å². The molecule has 0 aromatic heterocycles. The summed E-state index contributed by atoms with van der Waals surface area (Å²) in [6.07, 6.45) is 1.92. The first-order chi connectivity index (χ1) is 12.4. The van der Waals surface area contributed by atoms with Gasteiger partial charge in [0, 0.05) is 16.5 Å². The van der Waals surface area contributed by atoms with Gasteiger partial charge in [0.05, 0.1) is 30.8 Å². The maximum atomic E-state index is 12.8. The number of aryl methyl sites for hydroxylation is 1. The Labute approximate surface area is 155 Å². The van der Waals surface area contributed by atoms with Crippen LogP contribution in [0.4, 0.5) is 0 Å². The molecule has 0 bridgehead atoms. The Kier molecular flexibility index (Phi) is 6.58. The largest absolute Gasteiger partial charge is 0.507 e. The predicted molar refractivity (Wildman–Crippen MR) is 102 cm³/mol. The molecule has 138 valence electrons. The van der Waals surface area contributed by atoms with Crippen molar-refractivity contribution < 1.29 is 23.6 Å². The van der Waals surface area contributed by atoms with Crippen molar-refractivity contribution >= 4 is 16.6 Å². The molecule has 6 heteroatoms. The second-order valence-corrected chi connectivity index (χ2v) is 7.15. The Morgan fingerprint density at radius 1 is 1.19 bits per heavy atom. The molecule has 5 nitrogen and oxygen atoms in total. The van der Waals surface area contributed by atoms with E-state index in [1.165, 1.54) is 14.2 Å². The van der Waals surface area contributed by atoms with Crippen molar-refractivity contribution in [3.63, 3.8) is 0 Å². The number of phenolic OH excluding ortho intramolecular Hbond substituents is 1. The zero-order chi connectivity index (χ0) is 19.3. The average molecular weight is 374 g/mol. The Bertz CT molecular complexity index is 840. The molecule has 2 aromatic carbocycles. The summed E-state index contributed by atoms with van der Waals surface area (Å²) in [6.45, 7) is 5.58. The first-order valence-electron chi connectivity index (χ1n) is 7.98. The molecule has 0 saturated carbocycles. The van der Waals surface area contributed by atoms with E-state index in [9.17, 15) is 14.1 Å². The molecular weight excluding hydrogens is 352 g/mol. The van der Waals surface area contributed by atoms with Gasteiger partial charge in [0.25, 0.3) is 0 Å². The van der Waals surface area contributed by atoms with Crippen LogP contribution in [0, 0.1) is 6.92 Å². The number of hydrogen-bond donors (Lipinski definition) is 1. The fourth-order valence-electron chi connectivity index (χ4n) is 2.58. The maximum Gasteiger partial charge on any atom is 0.183 e. The number of rotatable bonds is 8. The quantitative estimate of drug-likeness (QED) is 0.566. The Balaban J connectivity index is 2.40. The Morgan fingerprint density at radius 3 is 2.35 bits per heavy atom. The van der Waals surface area contributed by atoms with Crippen LogP contribution in [0.2, 0.25) is 0 Å². The van der Waals surface area contributed by atoms with Crippen LogP contribution in [0.3, 0.4) is 0 Å². The lowest BCUT2D eigenvalue weighted by Crippen LogP contribution is -2.13. The molecule has 26 heavy (non-hydrogen) atoms. The lowest BCUT2D eigenvalue weighted by Gasteiger charge is -2.16. The van der Waals surface area contributed by atoms with Gasteiger partial charge in [-0.05, 0) is 25.5 Å². The van der Waals surface area contributed by atoms with Crippen LogP contribution in [0.15, 0.2) is 47.9 Å². The molecule has 0 heterocycles. The average Bonchev–Trinajstić information content (AvgIpc) is 2.63. The van der Waals surface area contributed by atoms with Crippen molar-refractivity contribution in [3.05, 3.63) is 59.7 Å². The van der Waals surface area contributed by atoms with E-state index in [0.717, 1.165) is 5.56 Å². The molecule has 0 aliphatic rings. The topological polar surface area (TPSA) is 72.8 Å². The van der Waals surface area contributed by atoms with E-state index in [1.54, 1.807) is 24.3 Å². The van der Waals surface area contributed by atoms with E-state index in [-0.39, 0.29) is 22.8 Å². The molecule has 0 fully saturated rings. The fraction of sp³-hybridized carbons (Fsp3) is 0.250. The number of ketones is 1. The number of benzene rings is 2. The lowest BCUT2D eigenvalue weighted by atomic mass is 10.0.